The summed E-state index contributed by atoms with van der Waals surface area (Å²) >= 11 is 0. The molecule has 3 heterocycles. The van der Waals surface area contributed by atoms with Crippen LogP contribution in [0.2, 0.25) is 0 Å². The number of rotatable bonds is 2. The minimum atomic E-state index is -1.04. The minimum Gasteiger partial charge on any atom is -0.477 e. The number of aromatic nitrogens is 5. The van der Waals surface area contributed by atoms with Gasteiger partial charge in [0.25, 0.3) is 0 Å². The van der Waals surface area contributed by atoms with Gasteiger partial charge in [-0.1, -0.05) is 0 Å². The van der Waals surface area contributed by atoms with Crippen molar-refractivity contribution in [1.29, 1.82) is 0 Å². The van der Waals surface area contributed by atoms with Crippen LogP contribution in [-0.4, -0.2) is 35.9 Å². The first-order valence-corrected chi connectivity index (χ1v) is 4.82. The molecule has 0 aliphatic rings. The van der Waals surface area contributed by atoms with Crippen LogP contribution in [0.4, 0.5) is 0 Å². The third-order valence-electron chi connectivity index (χ3n) is 2.35. The van der Waals surface area contributed by atoms with Crippen LogP contribution in [0.5, 0.6) is 0 Å². The minimum absolute atomic E-state index is 0.0422. The number of carbonyl (C=O) groups is 1. The highest BCUT2D eigenvalue weighted by Gasteiger charge is 2.10. The van der Waals surface area contributed by atoms with Crippen molar-refractivity contribution < 1.29 is 9.90 Å². The fourth-order valence-corrected chi connectivity index (χ4v) is 1.52. The molecule has 0 aliphatic carbocycles. The van der Waals surface area contributed by atoms with Gasteiger partial charge < -0.3 is 5.11 Å². The van der Waals surface area contributed by atoms with Crippen molar-refractivity contribution in [2.45, 2.75) is 0 Å². The normalized spacial score (nSPS) is 10.8. The van der Waals surface area contributed by atoms with E-state index >= 15 is 0 Å². The molecule has 0 aliphatic heterocycles. The van der Waals surface area contributed by atoms with E-state index < -0.39 is 5.97 Å². The van der Waals surface area contributed by atoms with Crippen LogP contribution < -0.4 is 0 Å². The zero-order valence-corrected chi connectivity index (χ0v) is 8.53. The van der Waals surface area contributed by atoms with E-state index in [9.17, 15) is 4.79 Å². The zero-order valence-electron chi connectivity index (χ0n) is 8.53. The van der Waals surface area contributed by atoms with E-state index in [1.54, 1.807) is 29.2 Å². The van der Waals surface area contributed by atoms with Crippen molar-refractivity contribution in [3.05, 3.63) is 36.4 Å². The van der Waals surface area contributed by atoms with Crippen molar-refractivity contribution in [2.75, 3.05) is 0 Å². The highest BCUT2D eigenvalue weighted by atomic mass is 16.4. The molecular weight excluding hydrogens is 222 g/mol. The number of hydrogen-bond donors (Lipinski definition) is 2. The first-order chi connectivity index (χ1) is 8.24. The SMILES string of the molecule is O=C(O)c1cc(-c2cnc3ccnn3c2)n[nH]1. The lowest BCUT2D eigenvalue weighted by atomic mass is 10.2. The third kappa shape index (κ3) is 1.53. The van der Waals surface area contributed by atoms with Crippen LogP contribution in [-0.2, 0) is 0 Å². The summed E-state index contributed by atoms with van der Waals surface area (Å²) in [6.07, 6.45) is 5.00. The molecule has 0 aromatic carbocycles. The zero-order chi connectivity index (χ0) is 11.8. The van der Waals surface area contributed by atoms with Crippen LogP contribution in [0.1, 0.15) is 10.5 Å². The van der Waals surface area contributed by atoms with Crippen molar-refractivity contribution in [3.8, 4) is 11.3 Å². The standard InChI is InChI=1S/C10H7N5O2/c16-10(17)8-3-7(13-14-8)6-4-11-9-1-2-12-15(9)5-6/h1-5H,(H,13,14)(H,16,17). The summed E-state index contributed by atoms with van der Waals surface area (Å²) < 4.78 is 1.60. The summed E-state index contributed by atoms with van der Waals surface area (Å²) in [4.78, 5) is 14.9. The number of H-pyrrole nitrogens is 1. The Morgan fingerprint density at radius 1 is 1.47 bits per heavy atom. The Labute approximate surface area is 94.7 Å². The van der Waals surface area contributed by atoms with Crippen molar-refractivity contribution in [2.24, 2.45) is 0 Å². The maximum atomic E-state index is 10.7. The maximum absolute atomic E-state index is 10.7. The van der Waals surface area contributed by atoms with E-state index in [-0.39, 0.29) is 5.69 Å². The van der Waals surface area contributed by atoms with Crippen molar-refractivity contribution >= 4 is 11.6 Å². The molecular formula is C10H7N5O2. The molecule has 0 spiro atoms. The molecule has 0 saturated carbocycles. The van der Waals surface area contributed by atoms with E-state index in [0.29, 0.717) is 11.3 Å². The van der Waals surface area contributed by atoms with Gasteiger partial charge in [0.15, 0.2) is 5.65 Å². The molecule has 3 aromatic rings. The van der Waals surface area contributed by atoms with Crippen LogP contribution in [0.25, 0.3) is 16.9 Å². The molecule has 3 rings (SSSR count). The summed E-state index contributed by atoms with van der Waals surface area (Å²) in [6, 6.07) is 3.23. The van der Waals surface area contributed by atoms with Gasteiger partial charge in [0, 0.05) is 24.0 Å². The van der Waals surface area contributed by atoms with Gasteiger partial charge in [0.1, 0.15) is 5.69 Å². The Morgan fingerprint density at radius 3 is 3.12 bits per heavy atom. The van der Waals surface area contributed by atoms with Gasteiger partial charge in [-0.25, -0.2) is 14.3 Å². The predicted molar refractivity (Wildman–Crippen MR) is 57.5 cm³/mol. The molecule has 7 nitrogen and oxygen atoms in total. The fourth-order valence-electron chi connectivity index (χ4n) is 1.52. The Bertz CT molecular complexity index is 699. The van der Waals surface area contributed by atoms with Crippen molar-refractivity contribution in [3.63, 3.8) is 0 Å². The first-order valence-electron chi connectivity index (χ1n) is 4.82. The lowest BCUT2D eigenvalue weighted by molar-refractivity contribution is 0.0690. The molecule has 0 bridgehead atoms. The van der Waals surface area contributed by atoms with Crippen LogP contribution in [0, 0.1) is 0 Å². The Morgan fingerprint density at radius 2 is 2.35 bits per heavy atom. The van der Waals surface area contributed by atoms with Gasteiger partial charge in [0.2, 0.25) is 0 Å². The predicted octanol–water partition coefficient (Wildman–Crippen LogP) is 0.818. The number of carboxylic acid groups (broad SMARTS) is 1. The number of hydrogen-bond acceptors (Lipinski definition) is 4. The number of aromatic carboxylic acids is 1. The molecule has 7 heteroatoms. The Balaban J connectivity index is 2.09. The van der Waals surface area contributed by atoms with E-state index in [2.05, 4.69) is 20.3 Å². The maximum Gasteiger partial charge on any atom is 0.353 e. The van der Waals surface area contributed by atoms with Gasteiger partial charge in [0.05, 0.1) is 11.9 Å². The smallest absolute Gasteiger partial charge is 0.353 e. The molecule has 17 heavy (non-hydrogen) atoms. The fraction of sp³-hybridized carbons (Fsp3) is 0. The van der Waals surface area contributed by atoms with Crippen LogP contribution in [0.3, 0.4) is 0 Å². The topological polar surface area (TPSA) is 96.2 Å². The number of aromatic amines is 1. The van der Waals surface area contributed by atoms with E-state index in [4.69, 9.17) is 5.11 Å². The van der Waals surface area contributed by atoms with E-state index in [0.717, 1.165) is 5.65 Å². The van der Waals surface area contributed by atoms with E-state index in [1.165, 1.54) is 6.07 Å². The van der Waals surface area contributed by atoms with E-state index in [1.807, 2.05) is 0 Å². The van der Waals surface area contributed by atoms with Crippen LogP contribution >= 0.6 is 0 Å². The number of nitrogens with zero attached hydrogens (tertiary/aromatic N) is 4. The largest absolute Gasteiger partial charge is 0.477 e. The Kier molecular flexibility index (Phi) is 1.91. The monoisotopic (exact) mass is 229 g/mol. The molecule has 0 atom stereocenters. The summed E-state index contributed by atoms with van der Waals surface area (Å²) in [6.45, 7) is 0. The summed E-state index contributed by atoms with van der Waals surface area (Å²) in [5.41, 5.74) is 1.99. The quantitative estimate of drug-likeness (QED) is 0.678. The number of nitrogens with one attached hydrogen (secondary N) is 1. The second kappa shape index (κ2) is 3.41. The van der Waals surface area contributed by atoms with Gasteiger partial charge in [-0.05, 0) is 6.07 Å². The molecule has 0 unspecified atom stereocenters. The highest BCUT2D eigenvalue weighted by molar-refractivity contribution is 5.86. The summed E-state index contributed by atoms with van der Waals surface area (Å²) in [5, 5.41) is 19.2. The Hall–Kier alpha value is -2.70. The van der Waals surface area contributed by atoms with Gasteiger partial charge in [-0.15, -0.1) is 0 Å². The third-order valence-corrected chi connectivity index (χ3v) is 2.35. The van der Waals surface area contributed by atoms with Gasteiger partial charge in [-0.3, -0.25) is 5.10 Å². The van der Waals surface area contributed by atoms with Crippen LogP contribution in [0.15, 0.2) is 30.7 Å². The molecule has 0 saturated heterocycles. The molecule has 0 amide bonds. The lowest BCUT2D eigenvalue weighted by Gasteiger charge is -1.96. The lowest BCUT2D eigenvalue weighted by Crippen LogP contribution is -1.95. The highest BCUT2D eigenvalue weighted by Crippen LogP contribution is 2.16. The second-order valence-electron chi connectivity index (χ2n) is 3.45. The molecule has 2 N–H and O–H groups in total. The molecule has 3 aromatic heterocycles. The number of fused-ring (bicyclic) bond motifs is 1. The average molecular weight is 229 g/mol. The molecule has 0 radical (unpaired) electrons. The van der Waals surface area contributed by atoms with Crippen molar-refractivity contribution in [1.82, 2.24) is 24.8 Å². The van der Waals surface area contributed by atoms with Gasteiger partial charge in [-0.2, -0.15) is 10.2 Å². The molecule has 84 valence electrons. The average Bonchev–Trinajstić information content (AvgIpc) is 2.97. The summed E-state index contributed by atoms with van der Waals surface area (Å²) in [5.74, 6) is -1.04. The van der Waals surface area contributed by atoms with Gasteiger partial charge >= 0.3 is 5.97 Å². The summed E-state index contributed by atoms with van der Waals surface area (Å²) in [7, 11) is 0. The number of carboxylic acids is 1. The second-order valence-corrected chi connectivity index (χ2v) is 3.45. The molecule has 0 fully saturated rings. The first kappa shape index (κ1) is 9.52.